The predicted molar refractivity (Wildman–Crippen MR) is 59.6 cm³/mol. The molecule has 0 spiro atoms. The molecule has 1 fully saturated rings. The van der Waals surface area contributed by atoms with E-state index in [2.05, 4.69) is 10.6 Å². The summed E-state index contributed by atoms with van der Waals surface area (Å²) in [6.45, 7) is 2.00. The van der Waals surface area contributed by atoms with Gasteiger partial charge in [-0.1, -0.05) is 23.7 Å². The molecule has 1 aromatic rings. The first-order valence-electron chi connectivity index (χ1n) is 4.96. The van der Waals surface area contributed by atoms with Crippen LogP contribution in [0.3, 0.4) is 0 Å². The van der Waals surface area contributed by atoms with Crippen molar-refractivity contribution in [3.05, 3.63) is 34.9 Å². The van der Waals surface area contributed by atoms with Gasteiger partial charge in [0.2, 0.25) is 5.91 Å². The molecule has 1 aromatic carbocycles. The van der Waals surface area contributed by atoms with Gasteiger partial charge in [0.1, 0.15) is 6.17 Å². The van der Waals surface area contributed by atoms with Crippen molar-refractivity contribution in [2.45, 2.75) is 25.6 Å². The smallest absolute Gasteiger partial charge is 0.223 e. The number of amides is 1. The molecule has 1 aliphatic heterocycles. The van der Waals surface area contributed by atoms with E-state index in [1.807, 2.05) is 31.2 Å². The summed E-state index contributed by atoms with van der Waals surface area (Å²) in [6.07, 6.45) is 0.400. The number of rotatable bonds is 1. The third kappa shape index (κ3) is 2.49. The maximum absolute atomic E-state index is 11.4. The molecule has 0 saturated carbocycles. The number of hydrogen-bond donors (Lipinski definition) is 2. The van der Waals surface area contributed by atoms with E-state index in [4.69, 9.17) is 11.6 Å². The predicted octanol–water partition coefficient (Wildman–Crippen LogP) is 1.84. The van der Waals surface area contributed by atoms with Crippen molar-refractivity contribution < 1.29 is 4.79 Å². The van der Waals surface area contributed by atoms with Gasteiger partial charge < -0.3 is 5.32 Å². The van der Waals surface area contributed by atoms with Crippen LogP contribution in [0.5, 0.6) is 0 Å². The number of hydrogen-bond acceptors (Lipinski definition) is 2. The molecule has 1 aliphatic rings. The summed E-state index contributed by atoms with van der Waals surface area (Å²) in [6, 6.07) is 7.70. The fourth-order valence-electron chi connectivity index (χ4n) is 1.75. The summed E-state index contributed by atoms with van der Waals surface area (Å²) in [5.41, 5.74) is 0.988. The fraction of sp³-hybridized carbons (Fsp3) is 0.364. The van der Waals surface area contributed by atoms with Crippen LogP contribution in [-0.2, 0) is 4.79 Å². The van der Waals surface area contributed by atoms with Gasteiger partial charge in [0.05, 0.1) is 0 Å². The van der Waals surface area contributed by atoms with Crippen LogP contribution in [0.25, 0.3) is 0 Å². The highest BCUT2D eigenvalue weighted by Crippen LogP contribution is 2.19. The highest BCUT2D eigenvalue weighted by Gasteiger charge is 2.23. The molecule has 2 N–H and O–H groups in total. The molecule has 0 aliphatic carbocycles. The van der Waals surface area contributed by atoms with E-state index in [0.717, 1.165) is 5.56 Å². The van der Waals surface area contributed by atoms with E-state index in [1.54, 1.807) is 0 Å². The maximum atomic E-state index is 11.4. The van der Waals surface area contributed by atoms with Gasteiger partial charge in [-0.15, -0.1) is 0 Å². The van der Waals surface area contributed by atoms with Crippen LogP contribution in [0.15, 0.2) is 24.3 Å². The highest BCUT2D eigenvalue weighted by molar-refractivity contribution is 6.30. The molecule has 80 valence electrons. The maximum Gasteiger partial charge on any atom is 0.223 e. The van der Waals surface area contributed by atoms with Gasteiger partial charge in [0.15, 0.2) is 0 Å². The Balaban J connectivity index is 2.19. The van der Waals surface area contributed by atoms with Gasteiger partial charge in [0, 0.05) is 17.5 Å². The lowest BCUT2D eigenvalue weighted by Crippen LogP contribution is -2.49. The van der Waals surface area contributed by atoms with E-state index in [-0.39, 0.29) is 18.1 Å². The third-order valence-electron chi connectivity index (χ3n) is 2.43. The van der Waals surface area contributed by atoms with E-state index in [0.29, 0.717) is 11.4 Å². The number of nitrogens with one attached hydrogen (secondary N) is 2. The normalized spacial score (nSPS) is 26.1. The van der Waals surface area contributed by atoms with Gasteiger partial charge in [0.25, 0.3) is 0 Å². The lowest BCUT2D eigenvalue weighted by atomic mass is 10.1. The van der Waals surface area contributed by atoms with E-state index < -0.39 is 0 Å². The molecule has 0 radical (unpaired) electrons. The molecule has 1 amide bonds. The zero-order chi connectivity index (χ0) is 10.8. The Bertz CT molecular complexity index is 381. The molecule has 3 nitrogen and oxygen atoms in total. The SMILES string of the molecule is CC1CC(=O)NC(c2cccc(Cl)c2)N1. The Kier molecular flexibility index (Phi) is 2.93. The Morgan fingerprint density at radius 1 is 1.47 bits per heavy atom. The first-order chi connectivity index (χ1) is 7.15. The van der Waals surface area contributed by atoms with E-state index in [9.17, 15) is 4.79 Å². The standard InChI is InChI=1S/C11H13ClN2O/c1-7-5-10(15)14-11(13-7)8-3-2-4-9(12)6-8/h2-4,6-7,11,13H,5H2,1H3,(H,14,15). The Hall–Kier alpha value is -1.06. The summed E-state index contributed by atoms with van der Waals surface area (Å²) < 4.78 is 0. The second-order valence-electron chi connectivity index (χ2n) is 3.83. The second-order valence-corrected chi connectivity index (χ2v) is 4.26. The van der Waals surface area contributed by atoms with Crippen LogP contribution in [0.2, 0.25) is 5.02 Å². The molecule has 4 heteroatoms. The van der Waals surface area contributed by atoms with E-state index in [1.165, 1.54) is 0 Å². The lowest BCUT2D eigenvalue weighted by molar-refractivity contribution is -0.124. The van der Waals surface area contributed by atoms with Crippen LogP contribution in [0.4, 0.5) is 0 Å². The van der Waals surface area contributed by atoms with Gasteiger partial charge >= 0.3 is 0 Å². The summed E-state index contributed by atoms with van der Waals surface area (Å²) in [7, 11) is 0. The molecule has 0 bridgehead atoms. The average Bonchev–Trinajstić information content (AvgIpc) is 2.16. The van der Waals surface area contributed by atoms with Crippen molar-refractivity contribution in [3.63, 3.8) is 0 Å². The Morgan fingerprint density at radius 2 is 2.27 bits per heavy atom. The first kappa shape index (κ1) is 10.5. The van der Waals surface area contributed by atoms with Gasteiger partial charge in [-0.3, -0.25) is 10.1 Å². The zero-order valence-electron chi connectivity index (χ0n) is 8.46. The Labute approximate surface area is 93.8 Å². The first-order valence-corrected chi connectivity index (χ1v) is 5.34. The monoisotopic (exact) mass is 224 g/mol. The molecule has 1 heterocycles. The van der Waals surface area contributed by atoms with Crippen molar-refractivity contribution in [2.24, 2.45) is 0 Å². The molecular formula is C11H13ClN2O. The molecule has 2 atom stereocenters. The van der Waals surface area contributed by atoms with Gasteiger partial charge in [-0.25, -0.2) is 0 Å². The molecule has 2 rings (SSSR count). The number of carbonyl (C=O) groups is 1. The number of carbonyl (C=O) groups excluding carboxylic acids is 1. The molecule has 0 aromatic heterocycles. The summed E-state index contributed by atoms with van der Waals surface area (Å²) in [4.78, 5) is 11.4. The molecule has 1 saturated heterocycles. The van der Waals surface area contributed by atoms with Crippen LogP contribution >= 0.6 is 11.6 Å². The lowest BCUT2D eigenvalue weighted by Gasteiger charge is -2.29. The summed E-state index contributed by atoms with van der Waals surface area (Å²) in [5, 5.41) is 6.86. The largest absolute Gasteiger partial charge is 0.337 e. The zero-order valence-corrected chi connectivity index (χ0v) is 9.21. The van der Waals surface area contributed by atoms with Gasteiger partial charge in [-0.05, 0) is 24.6 Å². The minimum atomic E-state index is -0.125. The number of halogens is 1. The fourth-order valence-corrected chi connectivity index (χ4v) is 1.95. The van der Waals surface area contributed by atoms with Crippen molar-refractivity contribution in [2.75, 3.05) is 0 Å². The number of benzene rings is 1. The topological polar surface area (TPSA) is 41.1 Å². The van der Waals surface area contributed by atoms with Crippen LogP contribution in [0, 0.1) is 0 Å². The van der Waals surface area contributed by atoms with Crippen LogP contribution in [-0.4, -0.2) is 11.9 Å². The van der Waals surface area contributed by atoms with Crippen LogP contribution in [0.1, 0.15) is 25.1 Å². The van der Waals surface area contributed by atoms with Crippen LogP contribution < -0.4 is 10.6 Å². The Morgan fingerprint density at radius 3 is 2.93 bits per heavy atom. The van der Waals surface area contributed by atoms with Gasteiger partial charge in [-0.2, -0.15) is 0 Å². The minimum absolute atomic E-state index is 0.0752. The summed E-state index contributed by atoms with van der Waals surface area (Å²) in [5.74, 6) is 0.0752. The minimum Gasteiger partial charge on any atom is -0.337 e. The quantitative estimate of drug-likeness (QED) is 0.764. The molecule has 15 heavy (non-hydrogen) atoms. The third-order valence-corrected chi connectivity index (χ3v) is 2.67. The molecule has 2 unspecified atom stereocenters. The van der Waals surface area contributed by atoms with E-state index >= 15 is 0 Å². The van der Waals surface area contributed by atoms with Crippen molar-refractivity contribution in [1.82, 2.24) is 10.6 Å². The molecular weight excluding hydrogens is 212 g/mol. The average molecular weight is 225 g/mol. The van der Waals surface area contributed by atoms with Crippen molar-refractivity contribution in [1.29, 1.82) is 0 Å². The van der Waals surface area contributed by atoms with Crippen molar-refractivity contribution in [3.8, 4) is 0 Å². The summed E-state index contributed by atoms with van der Waals surface area (Å²) >= 11 is 5.90. The second kappa shape index (κ2) is 4.21. The highest BCUT2D eigenvalue weighted by atomic mass is 35.5. The van der Waals surface area contributed by atoms with Crippen molar-refractivity contribution >= 4 is 17.5 Å².